The van der Waals surface area contributed by atoms with Crippen LogP contribution in [0.2, 0.25) is 0 Å². The number of hydrazine groups is 2. The molecule has 3 N–H and O–H groups in total. The van der Waals surface area contributed by atoms with Crippen molar-refractivity contribution in [1.82, 2.24) is 40.0 Å². The van der Waals surface area contributed by atoms with Crippen LogP contribution in [-0.2, 0) is 46.7 Å². The van der Waals surface area contributed by atoms with Crippen LogP contribution in [-0.4, -0.2) is 126 Å². The standard InChI is InChI=1S/C43H57N9O8S2/c1-25(2)38(49(6)52(56)28-15-17-44-22-28)40(53)47-33-20-36-46-34(23-61-36)27-13-14-35-30(19-27)31(21-43(4,5)24-60-42(55)32-12-10-18-50(48-32)41(33)54)39(51(35)62(8,57)58)29-11-9-16-45-37(29)26(3)59-7/h9,11,13-14,16,19,23,25-26,28,32-33,38,44,48H,10,12,15,17-18,20-22,24H2,1-8H3/p+1/t26-,28-,32-,33-,38-/m0/s1. The average Bonchev–Trinajstić information content (AvgIpc) is 4.01. The van der Waals surface area contributed by atoms with Gasteiger partial charge in [-0.2, -0.15) is 0 Å². The number of methoxy groups -OCH3 is 1. The highest BCUT2D eigenvalue weighted by Gasteiger charge is 2.43. The van der Waals surface area contributed by atoms with Crippen LogP contribution in [0.3, 0.4) is 0 Å². The number of amides is 2. The summed E-state index contributed by atoms with van der Waals surface area (Å²) in [4.78, 5) is 66.5. The number of thiazole rings is 1. The van der Waals surface area contributed by atoms with Crippen molar-refractivity contribution in [3.8, 4) is 22.5 Å². The molecule has 5 atom stereocenters. The van der Waals surface area contributed by atoms with Crippen LogP contribution in [0.25, 0.3) is 33.4 Å². The Bertz CT molecular complexity index is 2460. The molecule has 1 aromatic carbocycles. The molecule has 2 saturated heterocycles. The van der Waals surface area contributed by atoms with Crippen LogP contribution < -0.4 is 16.1 Å². The zero-order chi connectivity index (χ0) is 44.7. The molecule has 17 nitrogen and oxygen atoms in total. The van der Waals surface area contributed by atoms with Gasteiger partial charge in [-0.15, -0.1) is 16.3 Å². The molecule has 0 radical (unpaired) electrons. The average molecular weight is 893 g/mol. The van der Waals surface area contributed by atoms with E-state index in [0.29, 0.717) is 89.4 Å². The molecule has 62 heavy (non-hydrogen) atoms. The Morgan fingerprint density at radius 1 is 1.18 bits per heavy atom. The molecule has 0 saturated carbocycles. The lowest BCUT2D eigenvalue weighted by Crippen LogP contribution is -2.62. The lowest BCUT2D eigenvalue weighted by Gasteiger charge is -2.36. The predicted octanol–water partition coefficient (Wildman–Crippen LogP) is 4.00. The number of hydrogen-bond donors (Lipinski definition) is 3. The van der Waals surface area contributed by atoms with Gasteiger partial charge in [0.15, 0.2) is 6.04 Å². The fourth-order valence-corrected chi connectivity index (χ4v) is 10.7. The molecule has 2 fully saturated rings. The number of aromatic nitrogens is 3. The van der Waals surface area contributed by atoms with Gasteiger partial charge in [0.05, 0.1) is 65.1 Å². The van der Waals surface area contributed by atoms with Gasteiger partial charge >= 0.3 is 5.97 Å². The van der Waals surface area contributed by atoms with E-state index in [1.165, 1.54) is 31.6 Å². The molecule has 334 valence electrons. The third-order valence-electron chi connectivity index (χ3n) is 12.0. The van der Waals surface area contributed by atoms with Gasteiger partial charge < -0.3 is 20.1 Å². The number of carbonyl (C=O) groups is 3. The number of likely N-dealkylation sites (N-methyl/N-ethyl adjacent to an activating group) is 1. The van der Waals surface area contributed by atoms with Crippen LogP contribution in [0.5, 0.6) is 0 Å². The van der Waals surface area contributed by atoms with E-state index in [1.807, 2.05) is 58.2 Å². The summed E-state index contributed by atoms with van der Waals surface area (Å²) in [6.45, 7) is 11.0. The van der Waals surface area contributed by atoms with Gasteiger partial charge in [-0.3, -0.25) is 24.4 Å². The normalized spacial score (nSPS) is 22.0. The number of esters is 1. The third kappa shape index (κ3) is 9.27. The summed E-state index contributed by atoms with van der Waals surface area (Å²) in [5.74, 6) is -1.75. The molecule has 2 amide bonds. The fourth-order valence-electron chi connectivity index (χ4n) is 8.81. The van der Waals surface area contributed by atoms with Crippen molar-refractivity contribution in [2.24, 2.45) is 11.3 Å². The van der Waals surface area contributed by atoms with Crippen LogP contribution >= 0.6 is 11.3 Å². The summed E-state index contributed by atoms with van der Waals surface area (Å²) in [6, 6.07) is 5.99. The highest BCUT2D eigenvalue weighted by molar-refractivity contribution is 7.89. The number of nitrogens with one attached hydrogen (secondary N) is 3. The van der Waals surface area contributed by atoms with Gasteiger partial charge in [0.25, 0.3) is 5.91 Å². The topological polar surface area (TPSA) is 197 Å². The molecule has 7 rings (SSSR count). The molecule has 0 unspecified atom stereocenters. The van der Waals surface area contributed by atoms with Crippen molar-refractivity contribution < 1.29 is 37.1 Å². The minimum Gasteiger partial charge on any atom is -0.464 e. The van der Waals surface area contributed by atoms with E-state index in [-0.39, 0.29) is 25.0 Å². The Morgan fingerprint density at radius 2 is 1.95 bits per heavy atom. The van der Waals surface area contributed by atoms with Gasteiger partial charge in [-0.05, 0) is 61.9 Å². The molecule has 6 heterocycles. The van der Waals surface area contributed by atoms with Gasteiger partial charge in [-0.25, -0.2) is 22.8 Å². The van der Waals surface area contributed by atoms with Crippen LogP contribution in [0.1, 0.15) is 76.3 Å². The SMILES string of the molecule is CO[C@@H](C)c1ncccc1-c1c2c3cc(ccc3n1S(C)(=O)=O)-c1csc(n1)C[C@H](NC(=O)[C@H](C(C)C)N(C)[N+](=O)[C@H]1CCNC1)C(=O)N1CCC[C@H](N1)C(=O)OCC(C)(C)C2. The Balaban J connectivity index is 1.34. The number of fused-ring (bicyclic) bond motifs is 6. The van der Waals surface area contributed by atoms with Gasteiger partial charge in [0.2, 0.25) is 22.0 Å². The molecule has 4 aromatic rings. The first-order valence-corrected chi connectivity index (χ1v) is 23.9. The lowest BCUT2D eigenvalue weighted by molar-refractivity contribution is -0.732. The van der Waals surface area contributed by atoms with E-state index in [4.69, 9.17) is 14.5 Å². The number of benzene rings is 1. The van der Waals surface area contributed by atoms with E-state index in [2.05, 4.69) is 21.0 Å². The fraction of sp³-hybridized carbons (Fsp3) is 0.558. The monoisotopic (exact) mass is 892 g/mol. The van der Waals surface area contributed by atoms with E-state index >= 15 is 0 Å². The van der Waals surface area contributed by atoms with Crippen molar-refractivity contribution in [3.05, 3.63) is 63.1 Å². The number of ether oxygens (including phenoxy) is 2. The zero-order valence-electron chi connectivity index (χ0n) is 36.6. The summed E-state index contributed by atoms with van der Waals surface area (Å²) in [6.07, 6.45) is 4.28. The van der Waals surface area contributed by atoms with Gasteiger partial charge in [-0.1, -0.05) is 33.8 Å². The number of hydrogen-bond acceptors (Lipinski definition) is 13. The minimum absolute atomic E-state index is 0.0110. The van der Waals surface area contributed by atoms with Gasteiger partial charge in [0, 0.05) is 66.5 Å². The van der Waals surface area contributed by atoms with Crippen LogP contribution in [0, 0.1) is 16.2 Å². The Kier molecular flexibility index (Phi) is 13.2. The molecular weight excluding hydrogens is 835 g/mol. The first-order valence-electron chi connectivity index (χ1n) is 21.1. The molecule has 0 spiro atoms. The minimum atomic E-state index is -3.91. The van der Waals surface area contributed by atoms with E-state index in [1.54, 1.807) is 32.5 Å². The largest absolute Gasteiger partial charge is 0.464 e. The number of pyridine rings is 1. The highest BCUT2D eigenvalue weighted by Crippen LogP contribution is 2.42. The number of carbonyl (C=O) groups excluding carboxylic acids is 3. The molecule has 6 bridgehead atoms. The van der Waals surface area contributed by atoms with Crippen LogP contribution in [0.15, 0.2) is 41.9 Å². The second-order valence-electron chi connectivity index (χ2n) is 17.8. The quantitative estimate of drug-likeness (QED) is 0.118. The second kappa shape index (κ2) is 18.1. The summed E-state index contributed by atoms with van der Waals surface area (Å²) < 4.78 is 40.8. The zero-order valence-corrected chi connectivity index (χ0v) is 38.3. The molecule has 0 aliphatic carbocycles. The van der Waals surface area contributed by atoms with E-state index in [0.717, 1.165) is 10.4 Å². The molecule has 3 aliphatic heterocycles. The molecular formula is C43H58N9O8S2+. The van der Waals surface area contributed by atoms with Crippen molar-refractivity contribution in [2.75, 3.05) is 46.7 Å². The molecule has 3 aliphatic rings. The first kappa shape index (κ1) is 45.2. The van der Waals surface area contributed by atoms with Crippen LogP contribution in [0.4, 0.5) is 0 Å². The second-order valence-corrected chi connectivity index (χ2v) is 20.5. The highest BCUT2D eigenvalue weighted by atomic mass is 32.2. The summed E-state index contributed by atoms with van der Waals surface area (Å²) in [5, 5.41) is 12.1. The summed E-state index contributed by atoms with van der Waals surface area (Å²) in [5.41, 5.74) is 6.50. The predicted molar refractivity (Wildman–Crippen MR) is 235 cm³/mol. The van der Waals surface area contributed by atoms with E-state index in [9.17, 15) is 27.7 Å². The van der Waals surface area contributed by atoms with Crippen molar-refractivity contribution >= 4 is 50.0 Å². The summed E-state index contributed by atoms with van der Waals surface area (Å²) in [7, 11) is -0.737. The maximum atomic E-state index is 14.5. The maximum Gasteiger partial charge on any atom is 0.324 e. The Morgan fingerprint density at radius 3 is 2.65 bits per heavy atom. The maximum absolute atomic E-state index is 14.5. The first-order chi connectivity index (χ1) is 29.4. The molecule has 19 heteroatoms. The summed E-state index contributed by atoms with van der Waals surface area (Å²) >= 11 is 1.33. The number of rotatable bonds is 10. The number of nitrogens with zero attached hydrogens (tertiary/aromatic N) is 6. The third-order valence-corrected chi connectivity index (χ3v) is 13.9. The van der Waals surface area contributed by atoms with Crippen molar-refractivity contribution in [3.63, 3.8) is 0 Å². The Labute approximate surface area is 366 Å². The lowest BCUT2D eigenvalue weighted by atomic mass is 9.84. The molecule has 3 aromatic heterocycles. The number of nitroso groups, excluding NO2 is 1. The Hall–Kier alpha value is -4.82. The van der Waals surface area contributed by atoms with Gasteiger partial charge in [0.1, 0.15) is 17.0 Å². The van der Waals surface area contributed by atoms with E-state index < -0.39 is 57.5 Å². The van der Waals surface area contributed by atoms with Crippen molar-refractivity contribution in [2.45, 2.75) is 97.0 Å². The number of cyclic esters (lactones) is 1. The smallest absolute Gasteiger partial charge is 0.324 e. The van der Waals surface area contributed by atoms with Crippen molar-refractivity contribution in [1.29, 1.82) is 0 Å².